The van der Waals surface area contributed by atoms with Gasteiger partial charge in [0.05, 0.1) is 0 Å². The lowest BCUT2D eigenvalue weighted by molar-refractivity contribution is -0.138. The molecule has 0 saturated heterocycles. The molecule has 0 aliphatic rings. The van der Waals surface area contributed by atoms with E-state index in [1.54, 1.807) is 12.3 Å². The third kappa shape index (κ3) is 2.13. The summed E-state index contributed by atoms with van der Waals surface area (Å²) >= 11 is 0. The molecule has 0 amide bonds. The van der Waals surface area contributed by atoms with E-state index >= 15 is 0 Å². The second-order valence-corrected chi connectivity index (χ2v) is 3.84. The summed E-state index contributed by atoms with van der Waals surface area (Å²) in [5.41, 5.74) is 15.5. The maximum Gasteiger partial charge on any atom is 0.320 e. The summed E-state index contributed by atoms with van der Waals surface area (Å²) in [7, 11) is 0. The van der Waals surface area contributed by atoms with E-state index in [-0.39, 0.29) is 6.42 Å². The molecule has 0 unspecified atom stereocenters. The van der Waals surface area contributed by atoms with Crippen molar-refractivity contribution in [2.75, 3.05) is 0 Å². The van der Waals surface area contributed by atoms with Gasteiger partial charge in [-0.25, -0.2) is 0 Å². The van der Waals surface area contributed by atoms with Gasteiger partial charge < -0.3 is 10.8 Å². The Bertz CT molecular complexity index is 642. The van der Waals surface area contributed by atoms with Crippen LogP contribution in [0.5, 0.6) is 0 Å². The summed E-state index contributed by atoms with van der Waals surface area (Å²) in [6.45, 7) is 0. The molecule has 2 rings (SSSR count). The number of fused-ring (bicyclic) bond motifs is 1. The van der Waals surface area contributed by atoms with Crippen LogP contribution in [0.15, 0.2) is 35.7 Å². The molecule has 0 fully saturated rings. The van der Waals surface area contributed by atoms with Crippen molar-refractivity contribution in [1.82, 2.24) is 4.68 Å². The Balaban J connectivity index is 2.51. The van der Waals surface area contributed by atoms with E-state index in [1.165, 1.54) is 4.68 Å². The number of hydrogen-bond donors (Lipinski definition) is 2. The van der Waals surface area contributed by atoms with Crippen molar-refractivity contribution in [3.05, 3.63) is 46.5 Å². The van der Waals surface area contributed by atoms with Crippen molar-refractivity contribution in [1.29, 1.82) is 0 Å². The van der Waals surface area contributed by atoms with Crippen molar-refractivity contribution in [3.63, 3.8) is 0 Å². The van der Waals surface area contributed by atoms with Gasteiger partial charge in [0.2, 0.25) is 0 Å². The van der Waals surface area contributed by atoms with E-state index in [1.807, 2.05) is 18.2 Å². The Kier molecular flexibility index (Phi) is 3.18. The number of carboxylic acids is 1. The maximum absolute atomic E-state index is 10.8. The third-order valence-electron chi connectivity index (χ3n) is 2.67. The van der Waals surface area contributed by atoms with Crippen molar-refractivity contribution in [2.45, 2.75) is 12.5 Å². The number of carbonyl (C=O) groups is 1. The van der Waals surface area contributed by atoms with Gasteiger partial charge in [0.15, 0.2) is 0 Å². The number of aliphatic carboxylic acids is 1. The molecule has 1 atom stereocenters. The highest BCUT2D eigenvalue weighted by Gasteiger charge is 2.17. The van der Waals surface area contributed by atoms with Crippen molar-refractivity contribution >= 4 is 16.9 Å². The number of hydrogen-bond acceptors (Lipinski definition) is 3. The summed E-state index contributed by atoms with van der Waals surface area (Å²) < 4.78 is 1.37. The molecule has 7 heteroatoms. The highest BCUT2D eigenvalue weighted by molar-refractivity contribution is 5.85. The van der Waals surface area contributed by atoms with Crippen LogP contribution < -0.4 is 5.73 Å². The van der Waals surface area contributed by atoms with E-state index in [0.29, 0.717) is 0 Å². The zero-order chi connectivity index (χ0) is 13.1. The summed E-state index contributed by atoms with van der Waals surface area (Å²) in [6.07, 6.45) is 1.79. The number of nitrogens with zero attached hydrogens (tertiary/aromatic N) is 4. The summed E-state index contributed by atoms with van der Waals surface area (Å²) in [4.78, 5) is 13.5. The predicted molar refractivity (Wildman–Crippen MR) is 65.8 cm³/mol. The van der Waals surface area contributed by atoms with Gasteiger partial charge >= 0.3 is 5.97 Å². The van der Waals surface area contributed by atoms with Gasteiger partial charge in [-0.3, -0.25) is 4.79 Å². The number of azide groups is 1. The molecule has 0 aliphatic heterocycles. The quantitative estimate of drug-likeness (QED) is 0.484. The highest BCUT2D eigenvalue weighted by atomic mass is 16.4. The molecule has 0 aliphatic carbocycles. The van der Waals surface area contributed by atoms with Crippen LogP contribution in [0.3, 0.4) is 0 Å². The van der Waals surface area contributed by atoms with Crippen molar-refractivity contribution in [3.8, 4) is 0 Å². The van der Waals surface area contributed by atoms with Crippen LogP contribution in [0.1, 0.15) is 5.56 Å². The van der Waals surface area contributed by atoms with Crippen LogP contribution in [0.25, 0.3) is 21.3 Å². The number of benzene rings is 1. The van der Waals surface area contributed by atoms with Gasteiger partial charge in [-0.1, -0.05) is 18.2 Å². The molecule has 2 aromatic rings. The number of carboxylic acid groups (broad SMARTS) is 1. The predicted octanol–water partition coefficient (Wildman–Crippen LogP) is 1.67. The first kappa shape index (κ1) is 12.0. The SMILES string of the molecule is [N-]=[N+]=Nn1cc(C[C@H](N)C(=O)O)c2ccccc21. The van der Waals surface area contributed by atoms with E-state index in [2.05, 4.69) is 10.1 Å². The molecule has 0 saturated carbocycles. The molecule has 1 heterocycles. The molecule has 3 N–H and O–H groups in total. The summed E-state index contributed by atoms with van der Waals surface area (Å²) in [5.74, 6) is -1.06. The molecule has 7 nitrogen and oxygen atoms in total. The molecule has 1 aromatic heterocycles. The molecule has 1 aromatic carbocycles. The zero-order valence-corrected chi connectivity index (χ0v) is 9.39. The first-order valence-corrected chi connectivity index (χ1v) is 5.26. The lowest BCUT2D eigenvalue weighted by atomic mass is 10.1. The monoisotopic (exact) mass is 245 g/mol. The Labute approximate surface area is 102 Å². The minimum Gasteiger partial charge on any atom is -0.480 e. The van der Waals surface area contributed by atoms with Crippen molar-refractivity contribution < 1.29 is 9.90 Å². The van der Waals surface area contributed by atoms with Gasteiger partial charge in [0.1, 0.15) is 17.8 Å². The van der Waals surface area contributed by atoms with Crippen LogP contribution in [0, 0.1) is 0 Å². The first-order chi connectivity index (χ1) is 8.63. The molecular weight excluding hydrogens is 234 g/mol. The lowest BCUT2D eigenvalue weighted by Gasteiger charge is -2.03. The summed E-state index contributed by atoms with van der Waals surface area (Å²) in [5, 5.41) is 13.2. The number of nitrogens with two attached hydrogens (primary N) is 1. The van der Waals surface area contributed by atoms with Crippen LogP contribution in [-0.4, -0.2) is 21.8 Å². The van der Waals surface area contributed by atoms with Gasteiger partial charge in [-0.05, 0) is 11.3 Å². The van der Waals surface area contributed by atoms with Crippen molar-refractivity contribution in [2.24, 2.45) is 11.0 Å². The molecule has 0 radical (unpaired) electrons. The number of para-hydroxylation sites is 1. The minimum atomic E-state index is -1.06. The summed E-state index contributed by atoms with van der Waals surface area (Å²) in [6, 6.07) is 6.29. The normalized spacial score (nSPS) is 12.1. The molecular formula is C11H11N5O2. The Hall–Kier alpha value is -2.50. The van der Waals surface area contributed by atoms with Gasteiger partial charge in [-0.15, -0.1) is 5.53 Å². The largest absolute Gasteiger partial charge is 0.480 e. The van der Waals surface area contributed by atoms with Gasteiger partial charge in [-0.2, -0.15) is 9.59 Å². The average molecular weight is 245 g/mol. The fourth-order valence-corrected chi connectivity index (χ4v) is 1.84. The van der Waals surface area contributed by atoms with Crippen LogP contribution in [0.2, 0.25) is 0 Å². The second kappa shape index (κ2) is 4.79. The average Bonchev–Trinajstić information content (AvgIpc) is 2.69. The highest BCUT2D eigenvalue weighted by Crippen LogP contribution is 2.22. The van der Waals surface area contributed by atoms with Crippen LogP contribution >= 0.6 is 0 Å². The fraction of sp³-hybridized carbons (Fsp3) is 0.182. The number of rotatable bonds is 4. The van der Waals surface area contributed by atoms with E-state index < -0.39 is 12.0 Å². The topological polar surface area (TPSA) is 117 Å². The molecule has 18 heavy (non-hydrogen) atoms. The van der Waals surface area contributed by atoms with Gasteiger partial charge in [0.25, 0.3) is 0 Å². The fourth-order valence-electron chi connectivity index (χ4n) is 1.84. The van der Waals surface area contributed by atoms with Gasteiger partial charge in [0, 0.05) is 17.4 Å². The van der Waals surface area contributed by atoms with E-state index in [4.69, 9.17) is 16.4 Å². The number of aromatic nitrogens is 1. The minimum absolute atomic E-state index is 0.184. The first-order valence-electron chi connectivity index (χ1n) is 5.26. The lowest BCUT2D eigenvalue weighted by Crippen LogP contribution is -2.32. The Morgan fingerprint density at radius 2 is 2.28 bits per heavy atom. The second-order valence-electron chi connectivity index (χ2n) is 3.84. The molecule has 92 valence electrons. The Morgan fingerprint density at radius 3 is 2.94 bits per heavy atom. The Morgan fingerprint density at radius 1 is 1.56 bits per heavy atom. The zero-order valence-electron chi connectivity index (χ0n) is 9.39. The van der Waals surface area contributed by atoms with E-state index in [0.717, 1.165) is 16.5 Å². The maximum atomic E-state index is 10.8. The molecule has 0 bridgehead atoms. The van der Waals surface area contributed by atoms with Crippen LogP contribution in [-0.2, 0) is 11.2 Å². The third-order valence-corrected chi connectivity index (χ3v) is 2.67. The van der Waals surface area contributed by atoms with Crippen LogP contribution in [0.4, 0.5) is 0 Å². The van der Waals surface area contributed by atoms with E-state index in [9.17, 15) is 4.79 Å². The standard InChI is InChI=1S/C11H11N5O2/c12-9(11(17)18)5-7-6-16(15-14-13)10-4-2-1-3-8(7)10/h1-4,6,9H,5,12H2,(H,17,18)/t9-/m0/s1. The smallest absolute Gasteiger partial charge is 0.320 e. The molecule has 0 spiro atoms.